The average Bonchev–Trinajstić information content (AvgIpc) is 2.89. The number of aryl methyl sites for hydroxylation is 1. The highest BCUT2D eigenvalue weighted by Crippen LogP contribution is 2.28. The van der Waals surface area contributed by atoms with Crippen molar-refractivity contribution in [3.8, 4) is 0 Å². The van der Waals surface area contributed by atoms with Crippen LogP contribution in [0.15, 0.2) is 29.0 Å². The molecule has 2 rings (SSSR count). The van der Waals surface area contributed by atoms with E-state index in [-0.39, 0.29) is 17.7 Å². The standard InChI is InChI=1S/C15H17F2NS/c1-3-5-18-15(11-4-6-19-9-11)12-8-13(16)10(2)7-14(12)17/h4,6-9,15,18H,3,5H2,1-2H3. The zero-order valence-corrected chi connectivity index (χ0v) is 11.9. The van der Waals surface area contributed by atoms with Crippen molar-refractivity contribution in [1.29, 1.82) is 0 Å². The van der Waals surface area contributed by atoms with Gasteiger partial charge in [0.25, 0.3) is 0 Å². The SMILES string of the molecule is CCCNC(c1ccsc1)c1cc(F)c(C)cc1F. The van der Waals surface area contributed by atoms with Crippen molar-refractivity contribution in [2.75, 3.05) is 6.54 Å². The minimum atomic E-state index is -0.366. The zero-order valence-electron chi connectivity index (χ0n) is 11.0. The van der Waals surface area contributed by atoms with Crippen LogP contribution in [0.3, 0.4) is 0 Å². The van der Waals surface area contributed by atoms with Gasteiger partial charge in [0.2, 0.25) is 0 Å². The van der Waals surface area contributed by atoms with Crippen LogP contribution in [-0.2, 0) is 0 Å². The summed E-state index contributed by atoms with van der Waals surface area (Å²) < 4.78 is 27.8. The van der Waals surface area contributed by atoms with E-state index in [0.717, 1.165) is 18.5 Å². The second-order valence-corrected chi connectivity index (χ2v) is 5.35. The van der Waals surface area contributed by atoms with Crippen LogP contribution >= 0.6 is 11.3 Å². The molecule has 4 heteroatoms. The monoisotopic (exact) mass is 281 g/mol. The maximum Gasteiger partial charge on any atom is 0.128 e. The topological polar surface area (TPSA) is 12.0 Å². The van der Waals surface area contributed by atoms with E-state index in [2.05, 4.69) is 5.32 Å². The Morgan fingerprint density at radius 3 is 2.68 bits per heavy atom. The molecule has 1 aromatic heterocycles. The van der Waals surface area contributed by atoms with Gasteiger partial charge < -0.3 is 5.32 Å². The fourth-order valence-corrected chi connectivity index (χ4v) is 2.70. The Morgan fingerprint density at radius 1 is 1.26 bits per heavy atom. The minimum Gasteiger partial charge on any atom is -0.306 e. The highest BCUT2D eigenvalue weighted by atomic mass is 32.1. The molecular formula is C15H17F2NS. The summed E-state index contributed by atoms with van der Waals surface area (Å²) in [4.78, 5) is 0. The molecule has 0 saturated carbocycles. The molecule has 1 atom stereocenters. The molecule has 1 heterocycles. The molecule has 1 unspecified atom stereocenters. The van der Waals surface area contributed by atoms with Gasteiger partial charge >= 0.3 is 0 Å². The van der Waals surface area contributed by atoms with Crippen molar-refractivity contribution in [2.24, 2.45) is 0 Å². The largest absolute Gasteiger partial charge is 0.306 e. The fraction of sp³-hybridized carbons (Fsp3) is 0.333. The average molecular weight is 281 g/mol. The molecule has 0 fully saturated rings. The first-order chi connectivity index (χ1) is 9.13. The number of thiophene rings is 1. The van der Waals surface area contributed by atoms with E-state index in [1.807, 2.05) is 23.8 Å². The third-order valence-corrected chi connectivity index (χ3v) is 3.77. The summed E-state index contributed by atoms with van der Waals surface area (Å²) in [5.74, 6) is -0.728. The summed E-state index contributed by atoms with van der Waals surface area (Å²) in [6.45, 7) is 4.38. The number of rotatable bonds is 5. The molecule has 19 heavy (non-hydrogen) atoms. The number of hydrogen-bond donors (Lipinski definition) is 1. The summed E-state index contributed by atoms with van der Waals surface area (Å²) in [6, 6.07) is 4.21. The van der Waals surface area contributed by atoms with Gasteiger partial charge in [-0.3, -0.25) is 0 Å². The predicted octanol–water partition coefficient (Wildman–Crippen LogP) is 4.42. The lowest BCUT2D eigenvalue weighted by Gasteiger charge is -2.19. The third kappa shape index (κ3) is 3.19. The molecule has 1 aromatic carbocycles. The zero-order chi connectivity index (χ0) is 13.8. The van der Waals surface area contributed by atoms with Gasteiger partial charge in [-0.2, -0.15) is 11.3 Å². The summed E-state index contributed by atoms with van der Waals surface area (Å²) >= 11 is 1.55. The Kier molecular flexibility index (Phi) is 4.66. The van der Waals surface area contributed by atoms with E-state index in [4.69, 9.17) is 0 Å². The van der Waals surface area contributed by atoms with Crippen LogP contribution in [0.4, 0.5) is 8.78 Å². The van der Waals surface area contributed by atoms with Gasteiger partial charge in [0, 0.05) is 5.56 Å². The Hall–Kier alpha value is -1.26. The molecule has 0 spiro atoms. The molecule has 102 valence electrons. The van der Waals surface area contributed by atoms with Crippen molar-refractivity contribution in [3.63, 3.8) is 0 Å². The first kappa shape index (κ1) is 14.2. The molecule has 0 aliphatic rings. The summed E-state index contributed by atoms with van der Waals surface area (Å²) in [7, 11) is 0. The Labute approximate surface area is 116 Å². The normalized spacial score (nSPS) is 12.6. The summed E-state index contributed by atoms with van der Waals surface area (Å²) in [5, 5.41) is 7.18. The maximum atomic E-state index is 14.1. The lowest BCUT2D eigenvalue weighted by molar-refractivity contribution is 0.533. The van der Waals surface area contributed by atoms with Crippen LogP contribution in [0.5, 0.6) is 0 Å². The number of hydrogen-bond acceptors (Lipinski definition) is 2. The van der Waals surface area contributed by atoms with Crippen LogP contribution in [0.25, 0.3) is 0 Å². The Balaban J connectivity index is 2.40. The van der Waals surface area contributed by atoms with Crippen LogP contribution in [-0.4, -0.2) is 6.54 Å². The van der Waals surface area contributed by atoms with Gasteiger partial charge in [-0.1, -0.05) is 6.92 Å². The summed E-state index contributed by atoms with van der Waals surface area (Å²) in [6.07, 6.45) is 0.941. The van der Waals surface area contributed by atoms with Crippen molar-refractivity contribution < 1.29 is 8.78 Å². The third-order valence-electron chi connectivity index (χ3n) is 3.06. The van der Waals surface area contributed by atoms with Gasteiger partial charge in [0.05, 0.1) is 6.04 Å². The van der Waals surface area contributed by atoms with Crippen LogP contribution < -0.4 is 5.32 Å². The molecule has 0 saturated heterocycles. The van der Waals surface area contributed by atoms with E-state index in [0.29, 0.717) is 11.1 Å². The van der Waals surface area contributed by atoms with Crippen molar-refractivity contribution in [1.82, 2.24) is 5.32 Å². The van der Waals surface area contributed by atoms with E-state index >= 15 is 0 Å². The molecule has 0 aliphatic heterocycles. The van der Waals surface area contributed by atoms with Crippen molar-refractivity contribution in [2.45, 2.75) is 26.3 Å². The number of benzene rings is 1. The second-order valence-electron chi connectivity index (χ2n) is 4.57. The lowest BCUT2D eigenvalue weighted by Crippen LogP contribution is -2.24. The Bertz CT molecular complexity index is 537. The molecule has 1 nitrogen and oxygen atoms in total. The Morgan fingerprint density at radius 2 is 2.05 bits per heavy atom. The van der Waals surface area contributed by atoms with Crippen LogP contribution in [0.1, 0.15) is 36.1 Å². The van der Waals surface area contributed by atoms with Gasteiger partial charge in [0.15, 0.2) is 0 Å². The van der Waals surface area contributed by atoms with Gasteiger partial charge in [0.1, 0.15) is 11.6 Å². The van der Waals surface area contributed by atoms with E-state index in [1.165, 1.54) is 12.1 Å². The van der Waals surface area contributed by atoms with Crippen molar-refractivity contribution >= 4 is 11.3 Å². The van der Waals surface area contributed by atoms with E-state index in [1.54, 1.807) is 18.3 Å². The number of nitrogens with one attached hydrogen (secondary N) is 1. The van der Waals surface area contributed by atoms with Gasteiger partial charge in [-0.25, -0.2) is 8.78 Å². The first-order valence-corrected chi connectivity index (χ1v) is 7.28. The predicted molar refractivity (Wildman–Crippen MR) is 75.6 cm³/mol. The molecule has 2 aromatic rings. The highest BCUT2D eigenvalue weighted by molar-refractivity contribution is 7.08. The van der Waals surface area contributed by atoms with Gasteiger partial charge in [-0.05, 0) is 60.0 Å². The molecule has 0 aliphatic carbocycles. The summed E-state index contributed by atoms with van der Waals surface area (Å²) in [5.41, 5.74) is 1.68. The highest BCUT2D eigenvalue weighted by Gasteiger charge is 2.19. The van der Waals surface area contributed by atoms with E-state index in [9.17, 15) is 8.78 Å². The molecule has 0 amide bonds. The quantitative estimate of drug-likeness (QED) is 0.855. The second kappa shape index (κ2) is 6.26. The molecule has 1 N–H and O–H groups in total. The molecule has 0 radical (unpaired) electrons. The van der Waals surface area contributed by atoms with Crippen LogP contribution in [0.2, 0.25) is 0 Å². The lowest BCUT2D eigenvalue weighted by atomic mass is 9.99. The molecule has 0 bridgehead atoms. The maximum absolute atomic E-state index is 14.1. The number of halogens is 2. The fourth-order valence-electron chi connectivity index (χ4n) is 2.02. The van der Waals surface area contributed by atoms with Gasteiger partial charge in [-0.15, -0.1) is 0 Å². The van der Waals surface area contributed by atoms with Crippen LogP contribution in [0, 0.1) is 18.6 Å². The van der Waals surface area contributed by atoms with Crippen molar-refractivity contribution in [3.05, 3.63) is 57.3 Å². The molecular weight excluding hydrogens is 264 g/mol. The van der Waals surface area contributed by atoms with E-state index < -0.39 is 0 Å². The smallest absolute Gasteiger partial charge is 0.128 e. The first-order valence-electron chi connectivity index (χ1n) is 6.34. The minimum absolute atomic E-state index is 0.290.